The van der Waals surface area contributed by atoms with Gasteiger partial charge in [0, 0.05) is 12.5 Å². The van der Waals surface area contributed by atoms with E-state index in [2.05, 4.69) is 19.2 Å². The van der Waals surface area contributed by atoms with Crippen LogP contribution in [0, 0.1) is 23.7 Å². The van der Waals surface area contributed by atoms with Gasteiger partial charge in [0.2, 0.25) is 5.91 Å². The minimum Gasteiger partial charge on any atom is -0.356 e. The highest BCUT2D eigenvalue weighted by atomic mass is 16.1. The highest BCUT2D eigenvalue weighted by Crippen LogP contribution is 2.41. The zero-order valence-electron chi connectivity index (χ0n) is 8.55. The zero-order chi connectivity index (χ0) is 9.42. The van der Waals surface area contributed by atoms with E-state index in [1.54, 1.807) is 0 Å². The normalized spacial score (nSPS) is 44.3. The van der Waals surface area contributed by atoms with Crippen LogP contribution < -0.4 is 5.32 Å². The van der Waals surface area contributed by atoms with Crippen molar-refractivity contribution in [2.24, 2.45) is 23.7 Å². The Morgan fingerprint density at radius 1 is 1.46 bits per heavy atom. The number of rotatable bonds is 1. The fourth-order valence-electron chi connectivity index (χ4n) is 3.04. The average molecular weight is 181 g/mol. The second-order valence-corrected chi connectivity index (χ2v) is 4.70. The summed E-state index contributed by atoms with van der Waals surface area (Å²) in [6, 6.07) is 0. The standard InChI is InChI=1S/C11H19NO/c1-3-8-4-9-5-10(7(8)2)6-12-11(9)13/h7-10H,3-6H2,1-2H3,(H,12,13). The summed E-state index contributed by atoms with van der Waals surface area (Å²) in [7, 11) is 0. The molecular weight excluding hydrogens is 162 g/mol. The van der Waals surface area contributed by atoms with Crippen LogP contribution in [0.1, 0.15) is 33.1 Å². The van der Waals surface area contributed by atoms with Gasteiger partial charge in [-0.05, 0) is 30.6 Å². The van der Waals surface area contributed by atoms with Crippen LogP contribution in [0.15, 0.2) is 0 Å². The number of carbonyl (C=O) groups excluding carboxylic acids is 1. The van der Waals surface area contributed by atoms with Gasteiger partial charge in [0.15, 0.2) is 0 Å². The van der Waals surface area contributed by atoms with E-state index in [1.807, 2.05) is 0 Å². The predicted molar refractivity (Wildman–Crippen MR) is 52.2 cm³/mol. The molecule has 2 aliphatic rings. The molecule has 1 saturated heterocycles. The number of piperidine rings is 1. The summed E-state index contributed by atoms with van der Waals surface area (Å²) in [5, 5.41) is 3.02. The molecule has 1 N–H and O–H groups in total. The summed E-state index contributed by atoms with van der Waals surface area (Å²) in [4.78, 5) is 11.5. The van der Waals surface area contributed by atoms with Crippen molar-refractivity contribution in [3.8, 4) is 0 Å². The second-order valence-electron chi connectivity index (χ2n) is 4.70. The first-order valence-corrected chi connectivity index (χ1v) is 5.50. The first kappa shape index (κ1) is 9.04. The summed E-state index contributed by atoms with van der Waals surface area (Å²) < 4.78 is 0. The third kappa shape index (κ3) is 1.47. The zero-order valence-corrected chi connectivity index (χ0v) is 8.55. The van der Waals surface area contributed by atoms with Gasteiger partial charge >= 0.3 is 0 Å². The Morgan fingerprint density at radius 3 is 2.92 bits per heavy atom. The van der Waals surface area contributed by atoms with E-state index >= 15 is 0 Å². The molecule has 1 heterocycles. The Labute approximate surface area is 80.1 Å². The number of hydrogen-bond donors (Lipinski definition) is 1. The van der Waals surface area contributed by atoms with Gasteiger partial charge in [0.1, 0.15) is 0 Å². The van der Waals surface area contributed by atoms with Crippen molar-refractivity contribution in [1.29, 1.82) is 0 Å². The molecule has 2 bridgehead atoms. The van der Waals surface area contributed by atoms with Gasteiger partial charge < -0.3 is 5.32 Å². The molecule has 2 rings (SSSR count). The summed E-state index contributed by atoms with van der Waals surface area (Å²) in [5.74, 6) is 2.99. The van der Waals surface area contributed by atoms with Crippen LogP contribution in [0.2, 0.25) is 0 Å². The molecule has 0 radical (unpaired) electrons. The topological polar surface area (TPSA) is 29.1 Å². The van der Waals surface area contributed by atoms with Gasteiger partial charge in [-0.15, -0.1) is 0 Å². The molecule has 0 aromatic rings. The van der Waals surface area contributed by atoms with Crippen LogP contribution in [0.5, 0.6) is 0 Å². The molecule has 0 aromatic heterocycles. The van der Waals surface area contributed by atoms with Crippen LogP contribution in [0.3, 0.4) is 0 Å². The van der Waals surface area contributed by atoms with E-state index in [1.165, 1.54) is 6.42 Å². The Morgan fingerprint density at radius 2 is 2.23 bits per heavy atom. The average Bonchev–Trinajstić information content (AvgIpc) is 2.15. The molecular formula is C11H19NO. The van der Waals surface area contributed by atoms with Crippen LogP contribution in [0.4, 0.5) is 0 Å². The van der Waals surface area contributed by atoms with Crippen LogP contribution in [0.25, 0.3) is 0 Å². The second kappa shape index (κ2) is 3.32. The quantitative estimate of drug-likeness (QED) is 0.656. The minimum atomic E-state index is 0.307. The maximum absolute atomic E-state index is 11.5. The van der Waals surface area contributed by atoms with Crippen molar-refractivity contribution in [1.82, 2.24) is 5.32 Å². The minimum absolute atomic E-state index is 0.307. The SMILES string of the molecule is CCC1CC2CC(CNC2=O)C1C. The Kier molecular flexibility index (Phi) is 2.31. The summed E-state index contributed by atoms with van der Waals surface area (Å²) >= 11 is 0. The molecule has 2 heteroatoms. The number of hydrogen-bond acceptors (Lipinski definition) is 1. The maximum atomic E-state index is 11.5. The van der Waals surface area contributed by atoms with Gasteiger partial charge in [0.25, 0.3) is 0 Å². The molecule has 1 amide bonds. The van der Waals surface area contributed by atoms with Crippen molar-refractivity contribution in [3.05, 3.63) is 0 Å². The van der Waals surface area contributed by atoms with Crippen LogP contribution in [-0.4, -0.2) is 12.5 Å². The molecule has 4 unspecified atom stereocenters. The lowest BCUT2D eigenvalue weighted by Gasteiger charge is -2.43. The molecule has 1 aliphatic heterocycles. The number of fused-ring (bicyclic) bond motifs is 2. The molecule has 1 aliphatic carbocycles. The fourth-order valence-corrected chi connectivity index (χ4v) is 3.04. The third-order valence-corrected chi connectivity index (χ3v) is 4.10. The van der Waals surface area contributed by atoms with Crippen LogP contribution in [-0.2, 0) is 4.79 Å². The third-order valence-electron chi connectivity index (χ3n) is 4.10. The van der Waals surface area contributed by atoms with Crippen molar-refractivity contribution in [3.63, 3.8) is 0 Å². The highest BCUT2D eigenvalue weighted by molar-refractivity contribution is 5.79. The van der Waals surface area contributed by atoms with Crippen molar-refractivity contribution in [2.75, 3.05) is 6.54 Å². The molecule has 1 saturated carbocycles. The molecule has 0 spiro atoms. The van der Waals surface area contributed by atoms with Gasteiger partial charge in [-0.2, -0.15) is 0 Å². The maximum Gasteiger partial charge on any atom is 0.223 e. The molecule has 4 atom stereocenters. The van der Waals surface area contributed by atoms with Gasteiger partial charge in [0.05, 0.1) is 0 Å². The summed E-state index contributed by atoms with van der Waals surface area (Å²) in [5.41, 5.74) is 0. The highest BCUT2D eigenvalue weighted by Gasteiger charge is 2.40. The van der Waals surface area contributed by atoms with E-state index in [4.69, 9.17) is 0 Å². The first-order chi connectivity index (χ1) is 6.22. The van der Waals surface area contributed by atoms with E-state index in [9.17, 15) is 4.79 Å². The first-order valence-electron chi connectivity index (χ1n) is 5.50. The van der Waals surface area contributed by atoms with Crippen LogP contribution >= 0.6 is 0 Å². The molecule has 74 valence electrons. The van der Waals surface area contributed by atoms with Gasteiger partial charge in [-0.3, -0.25) is 4.79 Å². The van der Waals surface area contributed by atoms with Crippen molar-refractivity contribution < 1.29 is 4.79 Å². The van der Waals surface area contributed by atoms with E-state index < -0.39 is 0 Å². The summed E-state index contributed by atoms with van der Waals surface area (Å²) in [6.07, 6.45) is 3.50. The van der Waals surface area contributed by atoms with Crippen molar-refractivity contribution in [2.45, 2.75) is 33.1 Å². The van der Waals surface area contributed by atoms with E-state index in [-0.39, 0.29) is 0 Å². The molecule has 2 fully saturated rings. The molecule has 13 heavy (non-hydrogen) atoms. The van der Waals surface area contributed by atoms with Crippen molar-refractivity contribution >= 4 is 5.91 Å². The molecule has 2 nitrogen and oxygen atoms in total. The Bertz CT molecular complexity index is 212. The Hall–Kier alpha value is -0.530. The fraction of sp³-hybridized carbons (Fsp3) is 0.909. The van der Waals surface area contributed by atoms with E-state index in [0.717, 1.165) is 37.1 Å². The largest absolute Gasteiger partial charge is 0.356 e. The molecule has 0 aromatic carbocycles. The monoisotopic (exact) mass is 181 g/mol. The lowest BCUT2D eigenvalue weighted by Crippen LogP contribution is -2.49. The Balaban J connectivity index is 2.11. The number of nitrogens with one attached hydrogen (secondary N) is 1. The lowest BCUT2D eigenvalue weighted by atomic mass is 9.66. The van der Waals surface area contributed by atoms with E-state index in [0.29, 0.717) is 11.8 Å². The number of amides is 1. The van der Waals surface area contributed by atoms with Gasteiger partial charge in [-0.1, -0.05) is 20.3 Å². The predicted octanol–water partition coefficient (Wildman–Crippen LogP) is 1.80. The lowest BCUT2D eigenvalue weighted by molar-refractivity contribution is -0.131. The summed E-state index contributed by atoms with van der Waals surface area (Å²) in [6.45, 7) is 5.53. The smallest absolute Gasteiger partial charge is 0.223 e. The number of carbonyl (C=O) groups is 1. The van der Waals surface area contributed by atoms with Gasteiger partial charge in [-0.25, -0.2) is 0 Å².